The second-order valence-electron chi connectivity index (χ2n) is 7.65. The smallest absolute Gasteiger partial charge is 0.263 e. The average molecular weight is 478 g/mol. The van der Waals surface area contributed by atoms with E-state index in [0.717, 1.165) is 36.2 Å². The van der Waals surface area contributed by atoms with E-state index in [1.807, 2.05) is 7.05 Å². The molecule has 10 heteroatoms. The fourth-order valence-corrected chi connectivity index (χ4v) is 4.77. The molecule has 1 aliphatic rings. The Labute approximate surface area is 195 Å². The third-order valence-electron chi connectivity index (χ3n) is 4.95. The molecule has 2 aromatic heterocycles. The van der Waals surface area contributed by atoms with E-state index in [0.29, 0.717) is 45.1 Å². The topological polar surface area (TPSA) is 71.3 Å². The van der Waals surface area contributed by atoms with Gasteiger partial charge in [0.25, 0.3) is 5.91 Å². The number of thiophene rings is 1. The zero-order valence-corrected chi connectivity index (χ0v) is 19.8. The number of nitrogens with zero attached hydrogens (tertiary/aromatic N) is 5. The number of halogens is 2. The number of hydrogen-bond donors (Lipinski definition) is 0. The second-order valence-corrected chi connectivity index (χ2v) is 9.11. The van der Waals surface area contributed by atoms with Gasteiger partial charge in [0.15, 0.2) is 0 Å². The van der Waals surface area contributed by atoms with Gasteiger partial charge in [-0.3, -0.25) is 9.48 Å². The predicted octanol–water partition coefficient (Wildman–Crippen LogP) is 3.98. The van der Waals surface area contributed by atoms with Crippen LogP contribution in [-0.4, -0.2) is 71.2 Å². The Hall–Kier alpha value is -2.62. The number of aromatic nitrogens is 3. The van der Waals surface area contributed by atoms with Crippen molar-refractivity contribution in [3.05, 3.63) is 51.9 Å². The highest BCUT2D eigenvalue weighted by Crippen LogP contribution is 2.38. The van der Waals surface area contributed by atoms with Crippen LogP contribution in [0.1, 0.15) is 28.1 Å². The average Bonchev–Trinajstić information content (AvgIpc) is 3.45. The van der Waals surface area contributed by atoms with Crippen molar-refractivity contribution in [1.82, 2.24) is 24.8 Å². The molecule has 0 fully saturated rings. The molecule has 32 heavy (non-hydrogen) atoms. The molecule has 0 saturated heterocycles. The lowest BCUT2D eigenvalue weighted by Crippen LogP contribution is -2.25. The van der Waals surface area contributed by atoms with Crippen molar-refractivity contribution in [3.8, 4) is 0 Å². The number of hydrogen-bond acceptors (Lipinski definition) is 6. The van der Waals surface area contributed by atoms with Crippen molar-refractivity contribution in [3.63, 3.8) is 0 Å². The third-order valence-corrected chi connectivity index (χ3v) is 6.38. The number of amides is 1. The maximum atomic E-state index is 15.0. The highest BCUT2D eigenvalue weighted by Gasteiger charge is 2.21. The lowest BCUT2D eigenvalue weighted by Gasteiger charge is -2.23. The van der Waals surface area contributed by atoms with Crippen molar-refractivity contribution in [1.29, 1.82) is 0 Å². The van der Waals surface area contributed by atoms with Gasteiger partial charge in [0.1, 0.15) is 12.1 Å². The minimum Gasteiger partial charge on any atom is -0.344 e. The van der Waals surface area contributed by atoms with Crippen LogP contribution in [0.4, 0.5) is 4.39 Å². The molecule has 0 radical (unpaired) electrons. The zero-order chi connectivity index (χ0) is 23.3. The molecule has 0 N–H and O–H groups in total. The first-order valence-electron chi connectivity index (χ1n) is 10.1. The summed E-state index contributed by atoms with van der Waals surface area (Å²) in [6, 6.07) is 3.36. The Morgan fingerprint density at radius 3 is 2.78 bits per heavy atom. The van der Waals surface area contributed by atoms with E-state index in [4.69, 9.17) is 11.6 Å². The number of carbonyl (C=O) groups is 2. The maximum absolute atomic E-state index is 15.0. The standard InChI is InChI=1S/C17H18ClFN2OS.C5H7N3O/c1-20(2)17(22)14-8-12-13(18)7-11(15(19)16(12)23-14)10-5-4-6-21(3)9-10;9-5-1-3-8-4-2-6-7-8/h5,7-8H,4,6,9H2,1-3H3;2,4-5H,1,3H2. The van der Waals surface area contributed by atoms with E-state index in [2.05, 4.69) is 21.3 Å². The Balaban J connectivity index is 0.000000269. The molecule has 7 nitrogen and oxygen atoms in total. The summed E-state index contributed by atoms with van der Waals surface area (Å²) in [5.41, 5.74) is 1.49. The highest BCUT2D eigenvalue weighted by molar-refractivity contribution is 7.21. The van der Waals surface area contributed by atoms with Gasteiger partial charge in [-0.25, -0.2) is 4.39 Å². The molecule has 0 atom stereocenters. The highest BCUT2D eigenvalue weighted by atomic mass is 35.5. The van der Waals surface area contributed by atoms with Gasteiger partial charge in [-0.15, -0.1) is 16.4 Å². The first-order chi connectivity index (χ1) is 15.3. The molecule has 3 aromatic rings. The number of fused-ring (bicyclic) bond motifs is 1. The number of aldehydes is 1. The number of aryl methyl sites for hydroxylation is 1. The van der Waals surface area contributed by atoms with Crippen molar-refractivity contribution in [2.45, 2.75) is 19.4 Å². The molecule has 0 unspecified atom stereocenters. The molecule has 0 bridgehead atoms. The van der Waals surface area contributed by atoms with E-state index in [1.165, 1.54) is 4.90 Å². The van der Waals surface area contributed by atoms with E-state index >= 15 is 4.39 Å². The van der Waals surface area contributed by atoms with Crippen molar-refractivity contribution >= 4 is 50.8 Å². The lowest BCUT2D eigenvalue weighted by molar-refractivity contribution is -0.108. The summed E-state index contributed by atoms with van der Waals surface area (Å²) < 4.78 is 17.1. The summed E-state index contributed by atoms with van der Waals surface area (Å²) >= 11 is 7.52. The SMILES string of the molecule is CN1CCC=C(c2cc(Cl)c3cc(C(=O)N(C)C)sc3c2F)C1.O=CCCn1ccnn1. The van der Waals surface area contributed by atoms with E-state index in [1.54, 1.807) is 43.3 Å². The molecule has 170 valence electrons. The molecular weight excluding hydrogens is 453 g/mol. The maximum Gasteiger partial charge on any atom is 0.263 e. The molecule has 3 heterocycles. The second kappa shape index (κ2) is 10.8. The van der Waals surface area contributed by atoms with Gasteiger partial charge in [0.2, 0.25) is 0 Å². The summed E-state index contributed by atoms with van der Waals surface area (Å²) in [4.78, 5) is 26.1. The first kappa shape index (κ1) is 24.0. The van der Waals surface area contributed by atoms with Crippen LogP contribution in [0.5, 0.6) is 0 Å². The van der Waals surface area contributed by atoms with Crippen LogP contribution < -0.4 is 0 Å². The van der Waals surface area contributed by atoms with Crippen LogP contribution in [0.15, 0.2) is 30.6 Å². The van der Waals surface area contributed by atoms with Crippen LogP contribution >= 0.6 is 22.9 Å². The van der Waals surface area contributed by atoms with Gasteiger partial charge in [0.05, 0.1) is 20.8 Å². The zero-order valence-electron chi connectivity index (χ0n) is 18.2. The lowest BCUT2D eigenvalue weighted by atomic mass is 10.00. The third kappa shape index (κ3) is 5.59. The van der Waals surface area contributed by atoms with Gasteiger partial charge in [-0.1, -0.05) is 22.9 Å². The fraction of sp³-hybridized carbons (Fsp3) is 0.364. The van der Waals surface area contributed by atoms with Crippen LogP contribution in [-0.2, 0) is 11.3 Å². The van der Waals surface area contributed by atoms with E-state index in [9.17, 15) is 9.59 Å². The Morgan fingerprint density at radius 1 is 1.38 bits per heavy atom. The molecule has 0 saturated carbocycles. The van der Waals surface area contributed by atoms with Crippen molar-refractivity contribution in [2.24, 2.45) is 0 Å². The number of likely N-dealkylation sites (N-methyl/N-ethyl adjacent to an activating group) is 1. The summed E-state index contributed by atoms with van der Waals surface area (Å²) in [6.07, 6.45) is 7.65. The monoisotopic (exact) mass is 477 g/mol. The summed E-state index contributed by atoms with van der Waals surface area (Å²) in [5, 5.41) is 8.32. The van der Waals surface area contributed by atoms with E-state index < -0.39 is 0 Å². The molecular formula is C22H25ClFN5O2S. The number of rotatable bonds is 5. The van der Waals surface area contributed by atoms with Gasteiger partial charge < -0.3 is 14.6 Å². The minimum atomic E-state index is -0.284. The van der Waals surface area contributed by atoms with Crippen LogP contribution in [0, 0.1) is 5.82 Å². The summed E-state index contributed by atoms with van der Waals surface area (Å²) in [6.45, 7) is 2.30. The predicted molar refractivity (Wildman–Crippen MR) is 126 cm³/mol. The molecule has 4 rings (SSSR count). The molecule has 1 aliphatic heterocycles. The fourth-order valence-electron chi connectivity index (χ4n) is 3.31. The largest absolute Gasteiger partial charge is 0.344 e. The first-order valence-corrected chi connectivity index (χ1v) is 11.3. The van der Waals surface area contributed by atoms with E-state index in [-0.39, 0.29) is 11.7 Å². The van der Waals surface area contributed by atoms with Crippen LogP contribution in [0.3, 0.4) is 0 Å². The quantitative estimate of drug-likeness (QED) is 0.520. The van der Waals surface area contributed by atoms with Gasteiger partial charge in [-0.2, -0.15) is 0 Å². The van der Waals surface area contributed by atoms with Gasteiger partial charge >= 0.3 is 0 Å². The van der Waals surface area contributed by atoms with Crippen molar-refractivity contribution < 1.29 is 14.0 Å². The molecule has 1 amide bonds. The van der Waals surface area contributed by atoms with Crippen molar-refractivity contribution in [2.75, 3.05) is 34.2 Å². The Morgan fingerprint density at radius 2 is 2.16 bits per heavy atom. The number of benzene rings is 1. The van der Waals surface area contributed by atoms with Gasteiger partial charge in [0, 0.05) is 57.3 Å². The summed E-state index contributed by atoms with van der Waals surface area (Å²) in [5.74, 6) is -0.423. The Bertz CT molecular complexity index is 1130. The minimum absolute atomic E-state index is 0.139. The molecule has 0 aliphatic carbocycles. The molecule has 0 spiro atoms. The van der Waals surface area contributed by atoms with Crippen LogP contribution in [0.2, 0.25) is 5.02 Å². The summed E-state index contributed by atoms with van der Waals surface area (Å²) in [7, 11) is 5.38. The Kier molecular flexibility index (Phi) is 8.11. The van der Waals surface area contributed by atoms with Crippen LogP contribution in [0.25, 0.3) is 15.7 Å². The van der Waals surface area contributed by atoms with Gasteiger partial charge in [-0.05, 0) is 31.2 Å². The normalized spacial score (nSPS) is 14.0. The molecule has 1 aromatic carbocycles. The number of carbonyl (C=O) groups excluding carboxylic acids is 2.